The Morgan fingerprint density at radius 1 is 1.00 bits per heavy atom. The second kappa shape index (κ2) is 5.38. The van der Waals surface area contributed by atoms with Gasteiger partial charge in [-0.2, -0.15) is 13.2 Å². The minimum atomic E-state index is -4.14. The number of benzene rings is 2. The molecular weight excluding hydrogens is 257 g/mol. The number of alkyl halides is 3. The van der Waals surface area contributed by atoms with Crippen molar-refractivity contribution in [1.29, 1.82) is 0 Å². The quantitative estimate of drug-likeness (QED) is 0.841. The Labute approximate surface area is 108 Å². The predicted octanol–water partition coefficient (Wildman–Crippen LogP) is 4.27. The topological polar surface area (TPSA) is 29.5 Å². The molecule has 0 radical (unpaired) electrons. The van der Waals surface area contributed by atoms with Crippen LogP contribution in [0.3, 0.4) is 0 Å². The maximum atomic E-state index is 12.0. The summed E-state index contributed by atoms with van der Waals surface area (Å²) in [5, 5.41) is 11.1. The lowest BCUT2D eigenvalue weighted by Crippen LogP contribution is -2.09. The molecule has 0 aliphatic carbocycles. The van der Waals surface area contributed by atoms with Gasteiger partial charge in [-0.15, -0.1) is 0 Å². The van der Waals surface area contributed by atoms with Crippen LogP contribution >= 0.6 is 0 Å². The van der Waals surface area contributed by atoms with E-state index in [0.717, 1.165) is 10.8 Å². The molecule has 0 atom stereocenters. The molecule has 1 N–H and O–H groups in total. The van der Waals surface area contributed by atoms with Crippen LogP contribution in [0, 0.1) is 0 Å². The number of aromatic hydroxyl groups is 1. The highest BCUT2D eigenvalue weighted by molar-refractivity contribution is 5.85. The Morgan fingerprint density at radius 2 is 1.74 bits per heavy atom. The average Bonchev–Trinajstić information content (AvgIpc) is 2.33. The SMILES string of the molecule is Oc1ccc2ccc(OCCCC(F)(F)F)cc2c1. The van der Waals surface area contributed by atoms with Crippen molar-refractivity contribution in [2.45, 2.75) is 19.0 Å². The zero-order chi connectivity index (χ0) is 13.9. The first-order chi connectivity index (χ1) is 8.94. The third-order valence-electron chi connectivity index (χ3n) is 2.67. The number of phenolic OH excluding ortho intramolecular Hbond substituents is 1. The van der Waals surface area contributed by atoms with Gasteiger partial charge in [0.2, 0.25) is 0 Å². The first-order valence-corrected chi connectivity index (χ1v) is 5.86. The Bertz CT molecular complexity index is 564. The van der Waals surface area contributed by atoms with Crippen LogP contribution in [-0.4, -0.2) is 17.9 Å². The second-order valence-corrected chi connectivity index (χ2v) is 4.26. The summed E-state index contributed by atoms with van der Waals surface area (Å²) in [7, 11) is 0. The number of hydrogen-bond acceptors (Lipinski definition) is 2. The van der Waals surface area contributed by atoms with Crippen LogP contribution in [0.4, 0.5) is 13.2 Å². The average molecular weight is 270 g/mol. The minimum Gasteiger partial charge on any atom is -0.508 e. The molecular formula is C14H13F3O2. The summed E-state index contributed by atoms with van der Waals surface area (Å²) < 4.78 is 41.1. The number of fused-ring (bicyclic) bond motifs is 1. The molecule has 102 valence electrons. The van der Waals surface area contributed by atoms with E-state index in [1.807, 2.05) is 0 Å². The third-order valence-corrected chi connectivity index (χ3v) is 2.67. The highest BCUT2D eigenvalue weighted by Gasteiger charge is 2.26. The van der Waals surface area contributed by atoms with Gasteiger partial charge in [-0.05, 0) is 41.5 Å². The van der Waals surface area contributed by atoms with Crippen molar-refractivity contribution in [3.63, 3.8) is 0 Å². The summed E-state index contributed by atoms with van der Waals surface area (Å²) in [6, 6.07) is 10.1. The van der Waals surface area contributed by atoms with E-state index in [2.05, 4.69) is 0 Å². The maximum absolute atomic E-state index is 12.0. The normalized spacial score (nSPS) is 11.7. The molecule has 2 aromatic carbocycles. The van der Waals surface area contributed by atoms with Crippen LogP contribution in [0.5, 0.6) is 11.5 Å². The highest BCUT2D eigenvalue weighted by atomic mass is 19.4. The number of rotatable bonds is 4. The molecule has 19 heavy (non-hydrogen) atoms. The lowest BCUT2D eigenvalue weighted by Gasteiger charge is -2.09. The largest absolute Gasteiger partial charge is 0.508 e. The van der Waals surface area contributed by atoms with Crippen LogP contribution < -0.4 is 4.74 Å². The Kier molecular flexibility index (Phi) is 3.83. The van der Waals surface area contributed by atoms with E-state index < -0.39 is 12.6 Å². The predicted molar refractivity (Wildman–Crippen MR) is 66.4 cm³/mol. The van der Waals surface area contributed by atoms with E-state index in [4.69, 9.17) is 4.74 Å². The number of phenols is 1. The molecule has 0 heterocycles. The van der Waals surface area contributed by atoms with E-state index in [0.29, 0.717) is 5.75 Å². The fourth-order valence-corrected chi connectivity index (χ4v) is 1.76. The molecule has 2 nitrogen and oxygen atoms in total. The van der Waals surface area contributed by atoms with Crippen LogP contribution in [0.2, 0.25) is 0 Å². The number of hydrogen-bond donors (Lipinski definition) is 1. The molecule has 2 rings (SSSR count). The van der Waals surface area contributed by atoms with Gasteiger partial charge in [0.25, 0.3) is 0 Å². The van der Waals surface area contributed by atoms with Gasteiger partial charge in [-0.1, -0.05) is 12.1 Å². The standard InChI is InChI=1S/C14H13F3O2/c15-14(16,17)6-1-7-19-13-5-3-10-2-4-12(18)8-11(10)9-13/h2-5,8-9,18H,1,6-7H2. The summed E-state index contributed by atoms with van der Waals surface area (Å²) in [6.07, 6.45) is -5.05. The Morgan fingerprint density at radius 3 is 2.47 bits per heavy atom. The third kappa shape index (κ3) is 4.05. The van der Waals surface area contributed by atoms with Crippen molar-refractivity contribution in [3.05, 3.63) is 36.4 Å². The van der Waals surface area contributed by atoms with E-state index in [-0.39, 0.29) is 18.8 Å². The van der Waals surface area contributed by atoms with Crippen molar-refractivity contribution in [2.24, 2.45) is 0 Å². The van der Waals surface area contributed by atoms with E-state index in [1.54, 1.807) is 36.4 Å². The van der Waals surface area contributed by atoms with Gasteiger partial charge in [0, 0.05) is 6.42 Å². The van der Waals surface area contributed by atoms with E-state index in [9.17, 15) is 18.3 Å². The molecule has 2 aromatic rings. The van der Waals surface area contributed by atoms with Crippen molar-refractivity contribution in [1.82, 2.24) is 0 Å². The van der Waals surface area contributed by atoms with E-state index >= 15 is 0 Å². The molecule has 5 heteroatoms. The van der Waals surface area contributed by atoms with Crippen molar-refractivity contribution in [3.8, 4) is 11.5 Å². The Balaban J connectivity index is 1.97. The van der Waals surface area contributed by atoms with Crippen molar-refractivity contribution < 1.29 is 23.0 Å². The molecule has 0 spiro atoms. The fraction of sp³-hybridized carbons (Fsp3) is 0.286. The first-order valence-electron chi connectivity index (χ1n) is 5.86. The first kappa shape index (κ1) is 13.5. The lowest BCUT2D eigenvalue weighted by atomic mass is 10.1. The molecule has 0 unspecified atom stereocenters. The molecule has 0 saturated heterocycles. The van der Waals surface area contributed by atoms with Gasteiger partial charge in [0.15, 0.2) is 0 Å². The van der Waals surface area contributed by atoms with Crippen LogP contribution in [0.25, 0.3) is 10.8 Å². The van der Waals surface area contributed by atoms with Crippen LogP contribution in [0.1, 0.15) is 12.8 Å². The monoisotopic (exact) mass is 270 g/mol. The lowest BCUT2D eigenvalue weighted by molar-refractivity contribution is -0.136. The summed E-state index contributed by atoms with van der Waals surface area (Å²) in [6.45, 7) is 0.0177. The molecule has 0 aliphatic rings. The molecule has 0 aliphatic heterocycles. The van der Waals surface area contributed by atoms with E-state index in [1.165, 1.54) is 0 Å². The summed E-state index contributed by atoms with van der Waals surface area (Å²) in [4.78, 5) is 0. The zero-order valence-corrected chi connectivity index (χ0v) is 10.1. The molecule has 0 fully saturated rings. The number of halogens is 3. The second-order valence-electron chi connectivity index (χ2n) is 4.26. The van der Waals surface area contributed by atoms with Crippen LogP contribution in [-0.2, 0) is 0 Å². The van der Waals surface area contributed by atoms with Gasteiger partial charge in [0.1, 0.15) is 11.5 Å². The molecule has 0 amide bonds. The maximum Gasteiger partial charge on any atom is 0.389 e. The molecule has 0 saturated carbocycles. The van der Waals surface area contributed by atoms with Crippen molar-refractivity contribution >= 4 is 10.8 Å². The van der Waals surface area contributed by atoms with Gasteiger partial charge in [0.05, 0.1) is 6.61 Å². The number of ether oxygens (including phenoxy) is 1. The van der Waals surface area contributed by atoms with Gasteiger partial charge < -0.3 is 9.84 Å². The Hall–Kier alpha value is -1.91. The van der Waals surface area contributed by atoms with Crippen LogP contribution in [0.15, 0.2) is 36.4 Å². The summed E-state index contributed by atoms with van der Waals surface area (Å²) >= 11 is 0. The van der Waals surface area contributed by atoms with Gasteiger partial charge in [-0.25, -0.2) is 0 Å². The summed E-state index contributed by atoms with van der Waals surface area (Å²) in [5.74, 6) is 0.641. The van der Waals surface area contributed by atoms with Gasteiger partial charge in [-0.3, -0.25) is 0 Å². The molecule has 0 aromatic heterocycles. The van der Waals surface area contributed by atoms with Gasteiger partial charge >= 0.3 is 6.18 Å². The highest BCUT2D eigenvalue weighted by Crippen LogP contribution is 2.25. The minimum absolute atomic E-state index is 0.0177. The zero-order valence-electron chi connectivity index (χ0n) is 10.1. The molecule has 0 bridgehead atoms. The fourth-order valence-electron chi connectivity index (χ4n) is 1.76. The van der Waals surface area contributed by atoms with Crippen molar-refractivity contribution in [2.75, 3.05) is 6.61 Å². The smallest absolute Gasteiger partial charge is 0.389 e. The summed E-state index contributed by atoms with van der Waals surface area (Å²) in [5.41, 5.74) is 0.